The molecule has 30 heavy (non-hydrogen) atoms. The van der Waals surface area contributed by atoms with Gasteiger partial charge in [-0.15, -0.1) is 0 Å². The molecule has 0 aliphatic heterocycles. The summed E-state index contributed by atoms with van der Waals surface area (Å²) in [4.78, 5) is 16.9. The topological polar surface area (TPSA) is 63.2 Å². The molecule has 148 valence electrons. The minimum absolute atomic E-state index is 0.338. The van der Waals surface area contributed by atoms with Crippen LogP contribution in [0.4, 0.5) is 21.5 Å². The molecule has 1 heterocycles. The van der Waals surface area contributed by atoms with Crippen LogP contribution in [0.15, 0.2) is 97.3 Å². The summed E-state index contributed by atoms with van der Waals surface area (Å²) < 4.78 is 19.3. The van der Waals surface area contributed by atoms with Crippen LogP contribution in [0.5, 0.6) is 11.5 Å². The van der Waals surface area contributed by atoms with Crippen molar-refractivity contribution in [2.45, 2.75) is 0 Å². The molecular weight excluding hydrogens is 381 g/mol. The van der Waals surface area contributed by atoms with E-state index in [1.807, 2.05) is 42.5 Å². The van der Waals surface area contributed by atoms with Gasteiger partial charge in [0.15, 0.2) is 5.75 Å². The van der Waals surface area contributed by atoms with Gasteiger partial charge in [0.2, 0.25) is 0 Å². The Morgan fingerprint density at radius 2 is 1.63 bits per heavy atom. The fourth-order valence-corrected chi connectivity index (χ4v) is 2.83. The lowest BCUT2D eigenvalue weighted by Gasteiger charge is -2.13. The number of ether oxygens (including phenoxy) is 1. The zero-order chi connectivity index (χ0) is 20.8. The normalized spacial score (nSPS) is 10.3. The van der Waals surface area contributed by atoms with Gasteiger partial charge in [-0.05, 0) is 48.5 Å². The van der Waals surface area contributed by atoms with Gasteiger partial charge >= 0.3 is 0 Å². The van der Waals surface area contributed by atoms with Gasteiger partial charge in [0, 0.05) is 11.9 Å². The SMILES string of the molecule is O=C(Nc1ccccc1Oc1ccccc1)c1cncc(Nc2cccc(F)c2)c1. The van der Waals surface area contributed by atoms with Gasteiger partial charge in [0.1, 0.15) is 11.6 Å². The molecule has 0 radical (unpaired) electrons. The van der Waals surface area contributed by atoms with E-state index >= 15 is 0 Å². The number of pyridine rings is 1. The third-order valence-corrected chi connectivity index (χ3v) is 4.22. The van der Waals surface area contributed by atoms with Gasteiger partial charge in [-0.25, -0.2) is 4.39 Å². The Labute approximate surface area is 173 Å². The monoisotopic (exact) mass is 399 g/mol. The van der Waals surface area contributed by atoms with Crippen molar-refractivity contribution in [3.63, 3.8) is 0 Å². The van der Waals surface area contributed by atoms with Crippen LogP contribution in [-0.4, -0.2) is 10.9 Å². The maximum Gasteiger partial charge on any atom is 0.257 e. The van der Waals surface area contributed by atoms with Crippen molar-refractivity contribution >= 4 is 23.0 Å². The lowest BCUT2D eigenvalue weighted by molar-refractivity contribution is 0.102. The molecule has 0 atom stereocenters. The summed E-state index contributed by atoms with van der Waals surface area (Å²) in [6.07, 6.45) is 3.03. The summed E-state index contributed by atoms with van der Waals surface area (Å²) in [7, 11) is 0. The second-order valence-corrected chi connectivity index (χ2v) is 6.46. The number of carbonyl (C=O) groups excluding carboxylic acids is 1. The van der Waals surface area contributed by atoms with Gasteiger partial charge in [-0.1, -0.05) is 36.4 Å². The van der Waals surface area contributed by atoms with Gasteiger partial charge in [-0.2, -0.15) is 0 Å². The number of rotatable bonds is 6. The molecule has 5 nitrogen and oxygen atoms in total. The number of amides is 1. The number of benzene rings is 3. The lowest BCUT2D eigenvalue weighted by atomic mass is 10.2. The van der Waals surface area contributed by atoms with E-state index in [-0.39, 0.29) is 11.7 Å². The fourth-order valence-electron chi connectivity index (χ4n) is 2.83. The lowest BCUT2D eigenvalue weighted by Crippen LogP contribution is -2.13. The Morgan fingerprint density at radius 1 is 0.833 bits per heavy atom. The van der Waals surface area contributed by atoms with Crippen LogP contribution in [0, 0.1) is 5.82 Å². The molecule has 0 unspecified atom stereocenters. The fraction of sp³-hybridized carbons (Fsp3) is 0. The van der Waals surface area contributed by atoms with Crippen LogP contribution >= 0.6 is 0 Å². The van der Waals surface area contributed by atoms with Gasteiger partial charge in [0.25, 0.3) is 5.91 Å². The van der Waals surface area contributed by atoms with Crippen LogP contribution in [0.2, 0.25) is 0 Å². The molecule has 3 aromatic carbocycles. The maximum atomic E-state index is 13.4. The number of halogens is 1. The van der Waals surface area contributed by atoms with E-state index < -0.39 is 0 Å². The number of anilines is 3. The second kappa shape index (κ2) is 8.87. The zero-order valence-electron chi connectivity index (χ0n) is 15.9. The van der Waals surface area contributed by atoms with E-state index in [0.29, 0.717) is 34.1 Å². The molecule has 0 saturated heterocycles. The smallest absolute Gasteiger partial charge is 0.257 e. The van der Waals surface area contributed by atoms with Crippen molar-refractivity contribution in [2.75, 3.05) is 10.6 Å². The maximum absolute atomic E-state index is 13.4. The standard InChI is InChI=1S/C24H18FN3O2/c25-18-7-6-8-19(14-18)27-20-13-17(15-26-16-20)24(29)28-22-11-4-5-12-23(22)30-21-9-2-1-3-10-21/h1-16,27H,(H,28,29). The van der Waals surface area contributed by atoms with Crippen LogP contribution < -0.4 is 15.4 Å². The van der Waals surface area contributed by atoms with Crippen molar-refractivity contribution < 1.29 is 13.9 Å². The highest BCUT2D eigenvalue weighted by molar-refractivity contribution is 6.05. The predicted molar refractivity (Wildman–Crippen MR) is 115 cm³/mol. The highest BCUT2D eigenvalue weighted by atomic mass is 19.1. The summed E-state index contributed by atoms with van der Waals surface area (Å²) in [5.41, 5.74) is 2.03. The van der Waals surface area contributed by atoms with Gasteiger partial charge in [0.05, 0.1) is 23.1 Å². The number of aromatic nitrogens is 1. The summed E-state index contributed by atoms with van der Waals surface area (Å²) in [6, 6.07) is 24.2. The van der Waals surface area contributed by atoms with Gasteiger partial charge in [-0.3, -0.25) is 9.78 Å². The van der Waals surface area contributed by atoms with Crippen LogP contribution in [0.25, 0.3) is 0 Å². The average molecular weight is 399 g/mol. The molecular formula is C24H18FN3O2. The third-order valence-electron chi connectivity index (χ3n) is 4.22. The Kier molecular flexibility index (Phi) is 5.66. The molecule has 0 aliphatic rings. The molecule has 2 N–H and O–H groups in total. The minimum atomic E-state index is -0.350. The number of hydrogen-bond donors (Lipinski definition) is 2. The summed E-state index contributed by atoms with van der Waals surface area (Å²) in [5.74, 6) is 0.507. The van der Waals surface area contributed by atoms with Crippen LogP contribution in [-0.2, 0) is 0 Å². The molecule has 0 spiro atoms. The van der Waals surface area contributed by atoms with Crippen LogP contribution in [0.1, 0.15) is 10.4 Å². The van der Waals surface area contributed by atoms with Crippen molar-refractivity contribution in [3.05, 3.63) is 109 Å². The molecule has 0 bridgehead atoms. The molecule has 1 aromatic heterocycles. The Bertz CT molecular complexity index is 1170. The van der Waals surface area contributed by atoms with Crippen molar-refractivity contribution in [2.24, 2.45) is 0 Å². The molecule has 0 saturated carbocycles. The van der Waals surface area contributed by atoms with E-state index in [2.05, 4.69) is 15.6 Å². The highest BCUT2D eigenvalue weighted by Crippen LogP contribution is 2.29. The number of carbonyl (C=O) groups is 1. The van der Waals surface area contributed by atoms with E-state index in [4.69, 9.17) is 4.74 Å². The third kappa shape index (κ3) is 4.80. The van der Waals surface area contributed by atoms with E-state index in [1.54, 1.807) is 36.5 Å². The predicted octanol–water partition coefficient (Wildman–Crippen LogP) is 6.01. The second-order valence-electron chi connectivity index (χ2n) is 6.46. The van der Waals surface area contributed by atoms with E-state index in [0.717, 1.165) is 0 Å². The molecule has 4 aromatic rings. The first-order valence-corrected chi connectivity index (χ1v) is 9.28. The number of para-hydroxylation sites is 3. The first-order chi connectivity index (χ1) is 14.7. The quantitative estimate of drug-likeness (QED) is 0.417. The molecule has 0 aliphatic carbocycles. The Morgan fingerprint density at radius 3 is 2.47 bits per heavy atom. The largest absolute Gasteiger partial charge is 0.455 e. The molecule has 0 fully saturated rings. The van der Waals surface area contributed by atoms with E-state index in [9.17, 15) is 9.18 Å². The molecule has 6 heteroatoms. The molecule has 4 rings (SSSR count). The zero-order valence-corrected chi connectivity index (χ0v) is 15.9. The minimum Gasteiger partial charge on any atom is -0.455 e. The van der Waals surface area contributed by atoms with Crippen molar-refractivity contribution in [1.82, 2.24) is 4.98 Å². The van der Waals surface area contributed by atoms with Gasteiger partial charge < -0.3 is 15.4 Å². The average Bonchev–Trinajstić information content (AvgIpc) is 2.76. The van der Waals surface area contributed by atoms with Crippen molar-refractivity contribution in [1.29, 1.82) is 0 Å². The summed E-state index contributed by atoms with van der Waals surface area (Å²) in [5, 5.41) is 5.90. The van der Waals surface area contributed by atoms with Crippen LogP contribution in [0.3, 0.4) is 0 Å². The summed E-state index contributed by atoms with van der Waals surface area (Å²) in [6.45, 7) is 0. The highest BCUT2D eigenvalue weighted by Gasteiger charge is 2.12. The Hall–Kier alpha value is -4.19. The summed E-state index contributed by atoms with van der Waals surface area (Å²) >= 11 is 0. The number of nitrogens with one attached hydrogen (secondary N) is 2. The van der Waals surface area contributed by atoms with E-state index in [1.165, 1.54) is 18.3 Å². The first-order valence-electron chi connectivity index (χ1n) is 9.28. The van der Waals surface area contributed by atoms with Crippen molar-refractivity contribution in [3.8, 4) is 11.5 Å². The number of nitrogens with zero attached hydrogens (tertiary/aromatic N) is 1. The molecule has 1 amide bonds. The number of hydrogen-bond acceptors (Lipinski definition) is 4. The first kappa shape index (κ1) is 19.1. The Balaban J connectivity index is 1.51.